The van der Waals surface area contributed by atoms with Gasteiger partial charge in [-0.15, -0.1) is 0 Å². The number of ether oxygens (including phenoxy) is 1. The van der Waals surface area contributed by atoms with Gasteiger partial charge in [0.2, 0.25) is 5.78 Å². The van der Waals surface area contributed by atoms with Crippen molar-refractivity contribution in [3.8, 4) is 0 Å². The second kappa shape index (κ2) is 5.77. The Bertz CT molecular complexity index is 570. The molecule has 2 rings (SSSR count). The molecule has 5 heteroatoms. The van der Waals surface area contributed by atoms with Crippen molar-refractivity contribution < 1.29 is 14.3 Å². The van der Waals surface area contributed by atoms with Crippen LogP contribution in [-0.2, 0) is 4.74 Å². The minimum atomic E-state index is -1.08. The fourth-order valence-electron chi connectivity index (χ4n) is 1.66. The van der Waals surface area contributed by atoms with Crippen molar-refractivity contribution in [2.24, 2.45) is 5.73 Å². The first-order valence-corrected chi connectivity index (χ1v) is 5.65. The summed E-state index contributed by atoms with van der Waals surface area (Å²) >= 11 is 0. The van der Waals surface area contributed by atoms with E-state index in [1.54, 1.807) is 48.5 Å². The van der Waals surface area contributed by atoms with Gasteiger partial charge in [-0.05, 0) is 12.1 Å². The normalized spacial score (nSPS) is 11.6. The van der Waals surface area contributed by atoms with Crippen molar-refractivity contribution in [1.29, 1.82) is 0 Å². The number of primary amides is 1. The number of hydrogen-bond acceptors (Lipinski definition) is 4. The van der Waals surface area contributed by atoms with Gasteiger partial charge in [0.15, 0.2) is 6.10 Å². The average molecular weight is 256 g/mol. The topological polar surface area (TPSA) is 82.3 Å². The van der Waals surface area contributed by atoms with Crippen LogP contribution in [0.2, 0.25) is 0 Å². The highest BCUT2D eigenvalue weighted by molar-refractivity contribution is 5.99. The quantitative estimate of drug-likeness (QED) is 0.849. The number of Topliss-reactive ketones (excluding diaryl/α,β-unsaturated/α-hetero) is 1. The van der Waals surface area contributed by atoms with Crippen LogP contribution >= 0.6 is 0 Å². The lowest BCUT2D eigenvalue weighted by atomic mass is 10.0. The molecule has 0 aliphatic carbocycles. The van der Waals surface area contributed by atoms with Gasteiger partial charge in [-0.1, -0.05) is 36.4 Å². The SMILES string of the molecule is NC(=O)OC(C(=O)c1ccccn1)c1ccccc1. The van der Waals surface area contributed by atoms with Crippen molar-refractivity contribution in [3.63, 3.8) is 0 Å². The van der Waals surface area contributed by atoms with Crippen molar-refractivity contribution in [3.05, 3.63) is 66.0 Å². The number of carbonyl (C=O) groups is 2. The lowest BCUT2D eigenvalue weighted by Gasteiger charge is -2.15. The molecule has 1 aromatic heterocycles. The van der Waals surface area contributed by atoms with Gasteiger partial charge in [0, 0.05) is 11.8 Å². The summed E-state index contributed by atoms with van der Waals surface area (Å²) in [5.74, 6) is -0.411. The van der Waals surface area contributed by atoms with E-state index in [1.807, 2.05) is 0 Å². The Labute approximate surface area is 110 Å². The Balaban J connectivity index is 2.33. The molecule has 0 aliphatic rings. The molecule has 0 spiro atoms. The van der Waals surface area contributed by atoms with Gasteiger partial charge in [-0.2, -0.15) is 0 Å². The van der Waals surface area contributed by atoms with Crippen LogP contribution in [0.25, 0.3) is 0 Å². The lowest BCUT2D eigenvalue weighted by molar-refractivity contribution is 0.0649. The first-order valence-electron chi connectivity index (χ1n) is 5.65. The number of nitrogens with two attached hydrogens (primary N) is 1. The molecule has 0 saturated heterocycles. The van der Waals surface area contributed by atoms with Crippen LogP contribution in [0, 0.1) is 0 Å². The molecule has 0 radical (unpaired) electrons. The van der Waals surface area contributed by atoms with E-state index < -0.39 is 18.0 Å². The maximum absolute atomic E-state index is 12.3. The van der Waals surface area contributed by atoms with Crippen LogP contribution in [-0.4, -0.2) is 16.9 Å². The summed E-state index contributed by atoms with van der Waals surface area (Å²) in [5, 5.41) is 0. The molecule has 1 aromatic carbocycles. The predicted octanol–water partition coefficient (Wildman–Crippen LogP) is 2.10. The van der Waals surface area contributed by atoms with Gasteiger partial charge in [-0.3, -0.25) is 9.78 Å². The molecule has 0 aliphatic heterocycles. The fourth-order valence-corrected chi connectivity index (χ4v) is 1.66. The lowest BCUT2D eigenvalue weighted by Crippen LogP contribution is -2.24. The monoisotopic (exact) mass is 256 g/mol. The van der Waals surface area contributed by atoms with E-state index >= 15 is 0 Å². The van der Waals surface area contributed by atoms with Crippen LogP contribution < -0.4 is 5.73 Å². The van der Waals surface area contributed by atoms with Crippen LogP contribution in [0.5, 0.6) is 0 Å². The Hall–Kier alpha value is -2.69. The summed E-state index contributed by atoms with van der Waals surface area (Å²) in [7, 11) is 0. The molecular weight excluding hydrogens is 244 g/mol. The molecule has 2 aromatic rings. The van der Waals surface area contributed by atoms with E-state index in [2.05, 4.69) is 4.98 Å². The predicted molar refractivity (Wildman–Crippen MR) is 68.4 cm³/mol. The Morgan fingerprint density at radius 2 is 1.74 bits per heavy atom. The molecule has 1 heterocycles. The van der Waals surface area contributed by atoms with E-state index in [1.165, 1.54) is 6.20 Å². The largest absolute Gasteiger partial charge is 0.433 e. The maximum atomic E-state index is 12.3. The molecule has 1 atom stereocenters. The number of hydrogen-bond donors (Lipinski definition) is 1. The van der Waals surface area contributed by atoms with Gasteiger partial charge in [-0.25, -0.2) is 4.79 Å². The molecule has 5 nitrogen and oxygen atoms in total. The minimum Gasteiger partial charge on any atom is -0.433 e. The maximum Gasteiger partial charge on any atom is 0.405 e. The molecule has 1 unspecified atom stereocenters. The number of pyridine rings is 1. The van der Waals surface area contributed by atoms with E-state index in [0.717, 1.165) is 0 Å². The average Bonchev–Trinajstić information content (AvgIpc) is 2.46. The number of benzene rings is 1. The third-order valence-electron chi connectivity index (χ3n) is 2.49. The van der Waals surface area contributed by atoms with Crippen LogP contribution in [0.3, 0.4) is 0 Å². The summed E-state index contributed by atoms with van der Waals surface area (Å²) in [5.41, 5.74) is 5.79. The molecule has 19 heavy (non-hydrogen) atoms. The number of aromatic nitrogens is 1. The highest BCUT2D eigenvalue weighted by atomic mass is 16.6. The Morgan fingerprint density at radius 3 is 2.32 bits per heavy atom. The third kappa shape index (κ3) is 3.16. The van der Waals surface area contributed by atoms with Crippen LogP contribution in [0.15, 0.2) is 54.7 Å². The Morgan fingerprint density at radius 1 is 1.05 bits per heavy atom. The number of rotatable bonds is 4. The molecule has 2 N–H and O–H groups in total. The van der Waals surface area contributed by atoms with Crippen LogP contribution in [0.4, 0.5) is 4.79 Å². The highest BCUT2D eigenvalue weighted by Crippen LogP contribution is 2.21. The van der Waals surface area contributed by atoms with E-state index in [0.29, 0.717) is 5.56 Å². The molecule has 96 valence electrons. The van der Waals surface area contributed by atoms with Crippen molar-refractivity contribution in [2.45, 2.75) is 6.10 Å². The summed E-state index contributed by atoms with van der Waals surface area (Å²) < 4.78 is 4.90. The molecular formula is C14H12N2O3. The molecule has 0 saturated carbocycles. The van der Waals surface area contributed by atoms with Gasteiger partial charge in [0.05, 0.1) is 0 Å². The number of nitrogens with zero attached hydrogens (tertiary/aromatic N) is 1. The first-order chi connectivity index (χ1) is 9.18. The standard InChI is InChI=1S/C14H12N2O3/c15-14(18)19-13(10-6-2-1-3-7-10)12(17)11-8-4-5-9-16-11/h1-9,13H,(H2,15,18). The molecule has 0 bridgehead atoms. The highest BCUT2D eigenvalue weighted by Gasteiger charge is 2.25. The van der Waals surface area contributed by atoms with Crippen molar-refractivity contribution >= 4 is 11.9 Å². The second-order valence-electron chi connectivity index (χ2n) is 3.81. The minimum absolute atomic E-state index is 0.220. The van der Waals surface area contributed by atoms with Gasteiger partial charge in [0.25, 0.3) is 0 Å². The van der Waals surface area contributed by atoms with E-state index in [-0.39, 0.29) is 5.69 Å². The Kier molecular flexibility index (Phi) is 3.87. The zero-order valence-corrected chi connectivity index (χ0v) is 10.0. The third-order valence-corrected chi connectivity index (χ3v) is 2.49. The second-order valence-corrected chi connectivity index (χ2v) is 3.81. The van der Waals surface area contributed by atoms with Crippen LogP contribution in [0.1, 0.15) is 22.2 Å². The number of ketones is 1. The number of amides is 1. The number of carbonyl (C=O) groups excluding carboxylic acids is 2. The van der Waals surface area contributed by atoms with Crippen molar-refractivity contribution in [1.82, 2.24) is 4.98 Å². The summed E-state index contributed by atoms with van der Waals surface area (Å²) in [6.07, 6.45) is -0.578. The first kappa shape index (κ1) is 12.8. The fraction of sp³-hybridized carbons (Fsp3) is 0.0714. The smallest absolute Gasteiger partial charge is 0.405 e. The van der Waals surface area contributed by atoms with E-state index in [9.17, 15) is 9.59 Å². The molecule has 0 fully saturated rings. The zero-order chi connectivity index (χ0) is 13.7. The van der Waals surface area contributed by atoms with E-state index in [4.69, 9.17) is 10.5 Å². The van der Waals surface area contributed by atoms with Gasteiger partial charge >= 0.3 is 6.09 Å². The van der Waals surface area contributed by atoms with Crippen molar-refractivity contribution in [2.75, 3.05) is 0 Å². The summed E-state index contributed by atoms with van der Waals surface area (Å²) in [6.45, 7) is 0. The summed E-state index contributed by atoms with van der Waals surface area (Å²) in [4.78, 5) is 27.2. The van der Waals surface area contributed by atoms with Gasteiger partial charge < -0.3 is 10.5 Å². The van der Waals surface area contributed by atoms with Gasteiger partial charge in [0.1, 0.15) is 5.69 Å². The zero-order valence-electron chi connectivity index (χ0n) is 10.0. The summed E-state index contributed by atoms with van der Waals surface area (Å²) in [6, 6.07) is 13.6. The molecule has 1 amide bonds.